The van der Waals surface area contributed by atoms with Crippen LogP contribution in [0.15, 0.2) is 24.3 Å². The Hall–Kier alpha value is -0.930. The minimum absolute atomic E-state index is 0.365. The number of hydrogen-bond acceptors (Lipinski definition) is 3. The highest BCUT2D eigenvalue weighted by atomic mass is 32.1. The molecule has 1 aromatic heterocycles. The Kier molecular flexibility index (Phi) is 5.14. The largest absolute Gasteiger partial charge is 0.308 e. The van der Waals surface area contributed by atoms with Gasteiger partial charge in [-0.05, 0) is 32.0 Å². The van der Waals surface area contributed by atoms with Gasteiger partial charge in [0.05, 0.1) is 16.3 Å². The van der Waals surface area contributed by atoms with Gasteiger partial charge in [0, 0.05) is 0 Å². The number of unbranched alkanes of at least 4 members (excludes halogenated alkanes) is 3. The Bertz CT molecular complexity index is 445. The van der Waals surface area contributed by atoms with Crippen molar-refractivity contribution in [2.75, 3.05) is 6.54 Å². The van der Waals surface area contributed by atoms with E-state index in [2.05, 4.69) is 48.4 Å². The average Bonchev–Trinajstić information content (AvgIpc) is 2.82. The number of hydrogen-bond donors (Lipinski definition) is 1. The maximum Gasteiger partial charge on any atom is 0.111 e. The van der Waals surface area contributed by atoms with Crippen molar-refractivity contribution < 1.29 is 0 Å². The van der Waals surface area contributed by atoms with Crippen molar-refractivity contribution in [2.45, 2.75) is 45.6 Å². The van der Waals surface area contributed by atoms with Crippen molar-refractivity contribution in [1.29, 1.82) is 0 Å². The predicted octanol–water partition coefficient (Wildman–Crippen LogP) is 4.53. The molecule has 0 fully saturated rings. The van der Waals surface area contributed by atoms with Gasteiger partial charge in [-0.1, -0.05) is 38.3 Å². The van der Waals surface area contributed by atoms with Crippen LogP contribution in [0.2, 0.25) is 0 Å². The molecule has 1 heterocycles. The van der Waals surface area contributed by atoms with Crippen LogP contribution in [0, 0.1) is 0 Å². The Morgan fingerprint density at radius 2 is 2.06 bits per heavy atom. The molecule has 0 aliphatic heterocycles. The highest BCUT2D eigenvalue weighted by Crippen LogP contribution is 2.25. The van der Waals surface area contributed by atoms with Gasteiger partial charge in [0.15, 0.2) is 0 Å². The van der Waals surface area contributed by atoms with E-state index in [1.807, 2.05) is 0 Å². The summed E-state index contributed by atoms with van der Waals surface area (Å²) in [5, 5.41) is 4.77. The fourth-order valence-electron chi connectivity index (χ4n) is 2.03. The Morgan fingerprint density at radius 1 is 1.22 bits per heavy atom. The standard InChI is InChI=1S/C15H22N2S/c1-3-4-5-8-11-16-12(2)15-17-13-9-6-7-10-14(13)18-15/h6-7,9-10,12,16H,3-5,8,11H2,1-2H3. The SMILES string of the molecule is CCCCCCNC(C)c1nc2ccccc2s1. The number of benzene rings is 1. The maximum absolute atomic E-state index is 4.68. The van der Waals surface area contributed by atoms with Crippen LogP contribution >= 0.6 is 11.3 Å². The number of rotatable bonds is 7. The molecule has 3 heteroatoms. The summed E-state index contributed by atoms with van der Waals surface area (Å²) < 4.78 is 1.28. The van der Waals surface area contributed by atoms with Crippen LogP contribution in [0.25, 0.3) is 10.2 Å². The molecule has 0 saturated carbocycles. The van der Waals surface area contributed by atoms with Crippen LogP contribution in [-0.2, 0) is 0 Å². The van der Waals surface area contributed by atoms with Gasteiger partial charge in [-0.15, -0.1) is 11.3 Å². The third-order valence-electron chi connectivity index (χ3n) is 3.16. The zero-order valence-corrected chi connectivity index (χ0v) is 12.1. The molecule has 0 amide bonds. The topological polar surface area (TPSA) is 24.9 Å². The van der Waals surface area contributed by atoms with E-state index in [9.17, 15) is 0 Å². The molecule has 0 saturated heterocycles. The normalized spacial score (nSPS) is 13.0. The smallest absolute Gasteiger partial charge is 0.111 e. The summed E-state index contributed by atoms with van der Waals surface area (Å²) in [6, 6.07) is 8.72. The molecule has 0 aliphatic rings. The third kappa shape index (κ3) is 3.53. The van der Waals surface area contributed by atoms with Gasteiger partial charge in [0.25, 0.3) is 0 Å². The minimum atomic E-state index is 0.365. The number of aromatic nitrogens is 1. The molecule has 1 N–H and O–H groups in total. The molecule has 2 rings (SSSR count). The van der Waals surface area contributed by atoms with E-state index >= 15 is 0 Å². The average molecular weight is 262 g/mol. The lowest BCUT2D eigenvalue weighted by atomic mass is 10.2. The van der Waals surface area contributed by atoms with Crippen molar-refractivity contribution in [3.05, 3.63) is 29.3 Å². The van der Waals surface area contributed by atoms with Gasteiger partial charge in [-0.25, -0.2) is 4.98 Å². The van der Waals surface area contributed by atoms with Crippen molar-refractivity contribution in [3.8, 4) is 0 Å². The summed E-state index contributed by atoms with van der Waals surface area (Å²) in [5.74, 6) is 0. The number of nitrogens with one attached hydrogen (secondary N) is 1. The van der Waals surface area contributed by atoms with Crippen LogP contribution in [0.5, 0.6) is 0 Å². The molecule has 0 bridgehead atoms. The summed E-state index contributed by atoms with van der Waals surface area (Å²) in [7, 11) is 0. The first kappa shape index (κ1) is 13.5. The first-order chi connectivity index (χ1) is 8.81. The zero-order valence-electron chi connectivity index (χ0n) is 11.3. The number of fused-ring (bicyclic) bond motifs is 1. The summed E-state index contributed by atoms with van der Waals surface area (Å²) in [5.41, 5.74) is 1.12. The third-order valence-corrected chi connectivity index (χ3v) is 4.38. The van der Waals surface area contributed by atoms with Crippen molar-refractivity contribution >= 4 is 21.6 Å². The van der Waals surface area contributed by atoms with Crippen LogP contribution in [0.3, 0.4) is 0 Å². The van der Waals surface area contributed by atoms with Gasteiger partial charge in [0.2, 0.25) is 0 Å². The predicted molar refractivity (Wildman–Crippen MR) is 80.2 cm³/mol. The van der Waals surface area contributed by atoms with E-state index in [4.69, 9.17) is 0 Å². The highest BCUT2D eigenvalue weighted by Gasteiger charge is 2.10. The Morgan fingerprint density at radius 3 is 2.83 bits per heavy atom. The molecule has 0 spiro atoms. The molecule has 0 aliphatic carbocycles. The Labute approximate surface area is 113 Å². The van der Waals surface area contributed by atoms with Crippen LogP contribution in [0.1, 0.15) is 50.6 Å². The van der Waals surface area contributed by atoms with Gasteiger partial charge >= 0.3 is 0 Å². The molecule has 0 radical (unpaired) electrons. The van der Waals surface area contributed by atoms with E-state index in [1.165, 1.54) is 35.4 Å². The molecule has 1 unspecified atom stereocenters. The lowest BCUT2D eigenvalue weighted by Gasteiger charge is -2.10. The van der Waals surface area contributed by atoms with E-state index in [1.54, 1.807) is 11.3 Å². The zero-order chi connectivity index (χ0) is 12.8. The number of nitrogens with zero attached hydrogens (tertiary/aromatic N) is 1. The molecular weight excluding hydrogens is 240 g/mol. The van der Waals surface area contributed by atoms with E-state index in [-0.39, 0.29) is 0 Å². The fourth-order valence-corrected chi connectivity index (χ4v) is 3.03. The molecule has 98 valence electrons. The molecular formula is C15H22N2S. The first-order valence-corrected chi connectivity index (χ1v) is 7.71. The second-order valence-electron chi connectivity index (χ2n) is 4.76. The van der Waals surface area contributed by atoms with Gasteiger partial charge in [-0.3, -0.25) is 0 Å². The quantitative estimate of drug-likeness (QED) is 0.742. The lowest BCUT2D eigenvalue weighted by molar-refractivity contribution is 0.535. The van der Waals surface area contributed by atoms with Crippen molar-refractivity contribution in [2.24, 2.45) is 0 Å². The molecule has 1 atom stereocenters. The van der Waals surface area contributed by atoms with Crippen LogP contribution < -0.4 is 5.32 Å². The Balaban J connectivity index is 1.86. The fraction of sp³-hybridized carbons (Fsp3) is 0.533. The minimum Gasteiger partial charge on any atom is -0.308 e. The monoisotopic (exact) mass is 262 g/mol. The summed E-state index contributed by atoms with van der Waals surface area (Å²) in [6.07, 6.45) is 5.24. The number of para-hydroxylation sites is 1. The van der Waals surface area contributed by atoms with Crippen LogP contribution in [-0.4, -0.2) is 11.5 Å². The van der Waals surface area contributed by atoms with Crippen LogP contribution in [0.4, 0.5) is 0 Å². The lowest BCUT2D eigenvalue weighted by Crippen LogP contribution is -2.19. The summed E-state index contributed by atoms with van der Waals surface area (Å²) in [4.78, 5) is 4.68. The second-order valence-corrected chi connectivity index (χ2v) is 5.82. The number of thiazole rings is 1. The molecule has 18 heavy (non-hydrogen) atoms. The highest BCUT2D eigenvalue weighted by molar-refractivity contribution is 7.18. The maximum atomic E-state index is 4.68. The summed E-state index contributed by atoms with van der Waals surface area (Å²) in [6.45, 7) is 5.55. The van der Waals surface area contributed by atoms with Gasteiger partial charge in [0.1, 0.15) is 5.01 Å². The first-order valence-electron chi connectivity index (χ1n) is 6.90. The van der Waals surface area contributed by atoms with E-state index in [0.717, 1.165) is 12.1 Å². The molecule has 1 aromatic carbocycles. The van der Waals surface area contributed by atoms with Crippen molar-refractivity contribution in [3.63, 3.8) is 0 Å². The van der Waals surface area contributed by atoms with Gasteiger partial charge in [-0.2, -0.15) is 0 Å². The van der Waals surface area contributed by atoms with E-state index in [0.29, 0.717) is 6.04 Å². The van der Waals surface area contributed by atoms with Crippen molar-refractivity contribution in [1.82, 2.24) is 10.3 Å². The molecule has 2 nitrogen and oxygen atoms in total. The molecule has 2 aromatic rings. The van der Waals surface area contributed by atoms with E-state index < -0.39 is 0 Å². The summed E-state index contributed by atoms with van der Waals surface area (Å²) >= 11 is 1.80. The second kappa shape index (κ2) is 6.86. The van der Waals surface area contributed by atoms with Gasteiger partial charge < -0.3 is 5.32 Å².